The minimum Gasteiger partial charge on any atom is -0.494 e. The number of aryl methyl sites for hydroxylation is 2. The van der Waals surface area contributed by atoms with Crippen LogP contribution in [0, 0.1) is 13.8 Å². The molecule has 0 saturated carbocycles. The molecule has 0 saturated heterocycles. The Morgan fingerprint density at radius 3 is 2.23 bits per heavy atom. The molecule has 3 rings (SSSR count). The second-order valence-electron chi connectivity index (χ2n) is 8.47. The van der Waals surface area contributed by atoms with E-state index in [2.05, 4.69) is 38.0 Å². The van der Waals surface area contributed by atoms with E-state index in [0.717, 1.165) is 17.5 Å². The Hall–Kier alpha value is -2.67. The van der Waals surface area contributed by atoms with Gasteiger partial charge >= 0.3 is 0 Å². The van der Waals surface area contributed by atoms with Crippen molar-refractivity contribution >= 4 is 9.84 Å². The van der Waals surface area contributed by atoms with Gasteiger partial charge in [-0.1, -0.05) is 45.0 Å². The molecule has 1 heterocycles. The molecule has 30 heavy (non-hydrogen) atoms. The highest BCUT2D eigenvalue weighted by molar-refractivity contribution is 7.91. The fraction of sp³-hybridized carbons (Fsp3) is 0.391. The lowest BCUT2D eigenvalue weighted by Crippen LogP contribution is -2.12. The van der Waals surface area contributed by atoms with Crippen molar-refractivity contribution in [3.63, 3.8) is 0 Å². The summed E-state index contributed by atoms with van der Waals surface area (Å²) in [5.41, 5.74) is 4.38. The van der Waals surface area contributed by atoms with Crippen LogP contribution in [0.5, 0.6) is 5.75 Å². The molecule has 0 aliphatic rings. The zero-order valence-corrected chi connectivity index (χ0v) is 19.5. The van der Waals surface area contributed by atoms with Gasteiger partial charge in [0.05, 0.1) is 17.7 Å². The summed E-state index contributed by atoms with van der Waals surface area (Å²) < 4.78 is 33.5. The second kappa shape index (κ2) is 7.87. The Morgan fingerprint density at radius 1 is 1.07 bits per heavy atom. The minimum absolute atomic E-state index is 0.0507. The predicted octanol–water partition coefficient (Wildman–Crippen LogP) is 4.59. The van der Waals surface area contributed by atoms with Crippen LogP contribution in [0.3, 0.4) is 0 Å². The molecule has 7 heteroatoms. The quantitative estimate of drug-likeness (QED) is 0.596. The molecule has 0 radical (unpaired) electrons. The molecule has 0 fully saturated rings. The third-order valence-corrected chi connectivity index (χ3v) is 7.16. The summed E-state index contributed by atoms with van der Waals surface area (Å²) >= 11 is 0. The fourth-order valence-electron chi connectivity index (χ4n) is 3.46. The molecule has 160 valence electrons. The number of ether oxygens (including phenoxy) is 1. The average Bonchev–Trinajstić information content (AvgIpc) is 3.09. The van der Waals surface area contributed by atoms with Gasteiger partial charge in [0.15, 0.2) is 0 Å². The van der Waals surface area contributed by atoms with Crippen molar-refractivity contribution in [3.8, 4) is 11.4 Å². The number of hydrogen-bond acceptors (Lipinski definition) is 5. The molecule has 0 unspecified atom stereocenters. The summed E-state index contributed by atoms with van der Waals surface area (Å²) in [7, 11) is -2.21. The third kappa shape index (κ3) is 3.86. The first-order valence-electron chi connectivity index (χ1n) is 9.96. The van der Waals surface area contributed by atoms with Gasteiger partial charge in [0.2, 0.25) is 14.9 Å². The van der Waals surface area contributed by atoms with E-state index < -0.39 is 9.84 Å². The maximum atomic E-state index is 13.2. The van der Waals surface area contributed by atoms with Crippen molar-refractivity contribution in [2.24, 2.45) is 0 Å². The Kier molecular flexibility index (Phi) is 5.78. The molecule has 0 aliphatic carbocycles. The monoisotopic (exact) mass is 427 g/mol. The van der Waals surface area contributed by atoms with Crippen molar-refractivity contribution in [2.45, 2.75) is 63.3 Å². The zero-order valence-electron chi connectivity index (χ0n) is 18.6. The standard InChI is InChI=1S/C23H29N3O3S/c1-8-17-14-21(29-7)20(13-15(17)2)26-16(3)22(24-25-26)30(27,28)19-11-9-18(10-12-19)23(4,5)6/h9-14H,8H2,1-7H3. The van der Waals surface area contributed by atoms with Crippen LogP contribution in [-0.4, -0.2) is 30.5 Å². The Morgan fingerprint density at radius 2 is 1.70 bits per heavy atom. The number of methoxy groups -OCH3 is 1. The normalized spacial score (nSPS) is 12.2. The summed E-state index contributed by atoms with van der Waals surface area (Å²) in [5, 5.41) is 8.13. The van der Waals surface area contributed by atoms with Crippen LogP contribution in [0.1, 0.15) is 50.1 Å². The van der Waals surface area contributed by atoms with Crippen LogP contribution in [0.4, 0.5) is 0 Å². The maximum Gasteiger partial charge on any atom is 0.227 e. The topological polar surface area (TPSA) is 74.1 Å². The summed E-state index contributed by atoms with van der Waals surface area (Å²) in [5.74, 6) is 0.629. The molecule has 0 bridgehead atoms. The molecule has 0 spiro atoms. The van der Waals surface area contributed by atoms with Crippen LogP contribution < -0.4 is 4.74 Å². The van der Waals surface area contributed by atoms with E-state index in [0.29, 0.717) is 17.1 Å². The maximum absolute atomic E-state index is 13.2. The Balaban J connectivity index is 2.08. The van der Waals surface area contributed by atoms with Gasteiger partial charge in [0.25, 0.3) is 0 Å². The third-order valence-electron chi connectivity index (χ3n) is 5.38. The van der Waals surface area contributed by atoms with Gasteiger partial charge in [-0.3, -0.25) is 0 Å². The number of rotatable bonds is 5. The van der Waals surface area contributed by atoms with E-state index in [-0.39, 0.29) is 15.3 Å². The largest absolute Gasteiger partial charge is 0.494 e. The van der Waals surface area contributed by atoms with Gasteiger partial charge in [0, 0.05) is 0 Å². The van der Waals surface area contributed by atoms with Crippen molar-refractivity contribution in [1.82, 2.24) is 15.0 Å². The van der Waals surface area contributed by atoms with Crippen molar-refractivity contribution in [3.05, 3.63) is 58.8 Å². The first-order chi connectivity index (χ1) is 14.0. The molecule has 0 amide bonds. The van der Waals surface area contributed by atoms with Gasteiger partial charge in [0.1, 0.15) is 11.4 Å². The van der Waals surface area contributed by atoms with Crippen molar-refractivity contribution in [2.75, 3.05) is 7.11 Å². The molecular formula is C23H29N3O3S. The van der Waals surface area contributed by atoms with Crippen LogP contribution in [0.2, 0.25) is 0 Å². The molecule has 1 aromatic heterocycles. The van der Waals surface area contributed by atoms with Crippen LogP contribution in [-0.2, 0) is 21.7 Å². The van der Waals surface area contributed by atoms with Gasteiger partial charge in [-0.15, -0.1) is 5.10 Å². The van der Waals surface area contributed by atoms with Gasteiger partial charge in [-0.2, -0.15) is 0 Å². The van der Waals surface area contributed by atoms with E-state index in [1.54, 1.807) is 26.2 Å². The lowest BCUT2D eigenvalue weighted by molar-refractivity contribution is 0.410. The molecule has 0 aliphatic heterocycles. The van der Waals surface area contributed by atoms with Crippen molar-refractivity contribution in [1.29, 1.82) is 0 Å². The first-order valence-corrected chi connectivity index (χ1v) is 11.4. The average molecular weight is 428 g/mol. The molecule has 0 atom stereocenters. The first kappa shape index (κ1) is 22.0. The summed E-state index contributed by atoms with van der Waals surface area (Å²) in [6, 6.07) is 10.9. The van der Waals surface area contributed by atoms with E-state index in [9.17, 15) is 8.42 Å². The molecule has 0 N–H and O–H groups in total. The van der Waals surface area contributed by atoms with E-state index in [1.807, 2.05) is 31.2 Å². The molecular weight excluding hydrogens is 398 g/mol. The lowest BCUT2D eigenvalue weighted by atomic mass is 9.87. The minimum atomic E-state index is -3.80. The SMILES string of the molecule is CCc1cc(OC)c(-n2nnc(S(=O)(=O)c3ccc(C(C)(C)C)cc3)c2C)cc1C. The highest BCUT2D eigenvalue weighted by Crippen LogP contribution is 2.31. The second-order valence-corrected chi connectivity index (χ2v) is 10.3. The molecule has 6 nitrogen and oxygen atoms in total. The van der Waals surface area contributed by atoms with E-state index in [4.69, 9.17) is 4.74 Å². The Bertz CT molecular complexity index is 1170. The summed E-state index contributed by atoms with van der Waals surface area (Å²) in [6.45, 7) is 12.1. The van der Waals surface area contributed by atoms with Gasteiger partial charge in [-0.05, 0) is 66.6 Å². The van der Waals surface area contributed by atoms with Crippen LogP contribution >= 0.6 is 0 Å². The lowest BCUT2D eigenvalue weighted by Gasteiger charge is -2.19. The van der Waals surface area contributed by atoms with Gasteiger partial charge < -0.3 is 4.74 Å². The number of hydrogen-bond donors (Lipinski definition) is 0. The number of benzene rings is 2. The summed E-state index contributed by atoms with van der Waals surface area (Å²) in [4.78, 5) is 0.204. The highest BCUT2D eigenvalue weighted by atomic mass is 32.2. The van der Waals surface area contributed by atoms with Crippen molar-refractivity contribution < 1.29 is 13.2 Å². The van der Waals surface area contributed by atoms with Crippen LogP contribution in [0.25, 0.3) is 5.69 Å². The predicted molar refractivity (Wildman–Crippen MR) is 117 cm³/mol. The number of sulfone groups is 1. The zero-order chi connectivity index (χ0) is 22.3. The number of aromatic nitrogens is 3. The van der Waals surface area contributed by atoms with E-state index >= 15 is 0 Å². The molecule has 3 aromatic rings. The van der Waals surface area contributed by atoms with E-state index in [1.165, 1.54) is 10.2 Å². The summed E-state index contributed by atoms with van der Waals surface area (Å²) in [6.07, 6.45) is 0.878. The Labute approximate surface area is 178 Å². The smallest absolute Gasteiger partial charge is 0.227 e. The fourth-order valence-corrected chi connectivity index (χ4v) is 4.80. The molecule has 2 aromatic carbocycles. The van der Waals surface area contributed by atoms with Crippen LogP contribution in [0.15, 0.2) is 46.3 Å². The van der Waals surface area contributed by atoms with Gasteiger partial charge in [-0.25, -0.2) is 13.1 Å². The highest BCUT2D eigenvalue weighted by Gasteiger charge is 2.27. The number of nitrogens with zero attached hydrogens (tertiary/aromatic N) is 3.